The van der Waals surface area contributed by atoms with Gasteiger partial charge in [0.1, 0.15) is 5.78 Å². The van der Waals surface area contributed by atoms with Gasteiger partial charge in [-0.2, -0.15) is 13.2 Å². The van der Waals surface area contributed by atoms with Crippen molar-refractivity contribution in [2.45, 2.75) is 57.5 Å². The molecule has 4 heteroatoms. The molecule has 0 N–H and O–H groups in total. The van der Waals surface area contributed by atoms with Gasteiger partial charge >= 0.3 is 6.18 Å². The fraction of sp³-hybridized carbons (Fsp3) is 0.923. The van der Waals surface area contributed by atoms with Crippen LogP contribution in [0.2, 0.25) is 0 Å². The van der Waals surface area contributed by atoms with E-state index in [4.69, 9.17) is 0 Å². The molecule has 0 bridgehead atoms. The molecule has 17 heavy (non-hydrogen) atoms. The smallest absolute Gasteiger partial charge is 0.299 e. The molecule has 0 saturated heterocycles. The Labute approximate surface area is 99.8 Å². The molecule has 0 amide bonds. The van der Waals surface area contributed by atoms with Crippen LogP contribution in [0.4, 0.5) is 13.2 Å². The zero-order valence-electron chi connectivity index (χ0n) is 9.93. The van der Waals surface area contributed by atoms with E-state index in [0.717, 1.165) is 25.7 Å². The van der Waals surface area contributed by atoms with E-state index in [1.807, 2.05) is 0 Å². The molecule has 2 atom stereocenters. The van der Waals surface area contributed by atoms with Crippen LogP contribution in [0, 0.1) is 17.8 Å². The Hall–Kier alpha value is -0.540. The van der Waals surface area contributed by atoms with Gasteiger partial charge in [0, 0.05) is 11.8 Å². The summed E-state index contributed by atoms with van der Waals surface area (Å²) >= 11 is 0. The van der Waals surface area contributed by atoms with Gasteiger partial charge in [0.15, 0.2) is 0 Å². The molecule has 0 radical (unpaired) electrons. The van der Waals surface area contributed by atoms with Crippen molar-refractivity contribution in [2.75, 3.05) is 0 Å². The minimum Gasteiger partial charge on any atom is -0.299 e. The van der Waals surface area contributed by atoms with E-state index in [9.17, 15) is 18.0 Å². The van der Waals surface area contributed by atoms with Gasteiger partial charge in [-0.3, -0.25) is 4.79 Å². The first-order valence-corrected chi connectivity index (χ1v) is 6.59. The largest absolute Gasteiger partial charge is 0.391 e. The van der Waals surface area contributed by atoms with Crippen molar-refractivity contribution in [2.24, 2.45) is 17.8 Å². The normalized spacial score (nSPS) is 31.7. The molecule has 0 aromatic heterocycles. The number of Topliss-reactive ketones (excluding diaryl/α,β-unsaturated/α-hetero) is 1. The van der Waals surface area contributed by atoms with Gasteiger partial charge in [-0.1, -0.05) is 19.3 Å². The molecule has 2 aliphatic rings. The Balaban J connectivity index is 1.94. The average Bonchev–Trinajstić information content (AvgIpc) is 2.80. The summed E-state index contributed by atoms with van der Waals surface area (Å²) in [6, 6.07) is 0. The molecule has 2 unspecified atom stereocenters. The molecular weight excluding hydrogens is 229 g/mol. The number of carbonyl (C=O) groups excluding carboxylic acids is 1. The van der Waals surface area contributed by atoms with Crippen LogP contribution < -0.4 is 0 Å². The Morgan fingerprint density at radius 2 is 1.47 bits per heavy atom. The van der Waals surface area contributed by atoms with Crippen molar-refractivity contribution in [3.8, 4) is 0 Å². The Kier molecular flexibility index (Phi) is 3.79. The maximum Gasteiger partial charge on any atom is 0.391 e. The van der Waals surface area contributed by atoms with Gasteiger partial charge in [-0.25, -0.2) is 0 Å². The number of halogens is 3. The van der Waals surface area contributed by atoms with E-state index in [1.54, 1.807) is 0 Å². The number of ketones is 1. The molecule has 0 aromatic rings. The van der Waals surface area contributed by atoms with Crippen LogP contribution in [0.1, 0.15) is 51.4 Å². The van der Waals surface area contributed by atoms with Gasteiger partial charge in [-0.15, -0.1) is 0 Å². The average molecular weight is 248 g/mol. The molecule has 2 rings (SSSR count). The summed E-state index contributed by atoms with van der Waals surface area (Å²) in [6.45, 7) is 0. The zero-order chi connectivity index (χ0) is 12.5. The quantitative estimate of drug-likeness (QED) is 0.718. The summed E-state index contributed by atoms with van der Waals surface area (Å²) in [5.41, 5.74) is 0. The van der Waals surface area contributed by atoms with E-state index in [1.165, 1.54) is 0 Å². The Morgan fingerprint density at radius 3 is 2.06 bits per heavy atom. The minimum atomic E-state index is -4.12. The van der Waals surface area contributed by atoms with Gasteiger partial charge < -0.3 is 0 Å². The van der Waals surface area contributed by atoms with Crippen molar-refractivity contribution in [3.05, 3.63) is 0 Å². The summed E-state index contributed by atoms with van der Waals surface area (Å²) in [4.78, 5) is 12.1. The number of hydrogen-bond donors (Lipinski definition) is 0. The molecular formula is C13H19F3O. The molecule has 1 nitrogen and oxygen atoms in total. The van der Waals surface area contributed by atoms with E-state index >= 15 is 0 Å². The first-order chi connectivity index (χ1) is 7.98. The second kappa shape index (κ2) is 4.99. The lowest BCUT2D eigenvalue weighted by atomic mass is 9.76. The molecule has 2 fully saturated rings. The summed E-state index contributed by atoms with van der Waals surface area (Å²) in [7, 11) is 0. The number of hydrogen-bond acceptors (Lipinski definition) is 1. The van der Waals surface area contributed by atoms with E-state index in [0.29, 0.717) is 12.8 Å². The number of carbonyl (C=O) groups is 1. The van der Waals surface area contributed by atoms with E-state index < -0.39 is 12.1 Å². The molecule has 0 aromatic carbocycles. The fourth-order valence-corrected chi connectivity index (χ4v) is 3.29. The highest BCUT2D eigenvalue weighted by Gasteiger charge is 2.44. The molecule has 2 saturated carbocycles. The fourth-order valence-electron chi connectivity index (χ4n) is 3.29. The lowest BCUT2D eigenvalue weighted by Gasteiger charge is -2.30. The first kappa shape index (κ1) is 12.9. The van der Waals surface area contributed by atoms with Crippen LogP contribution in [0.3, 0.4) is 0 Å². The summed E-state index contributed by atoms with van der Waals surface area (Å²) < 4.78 is 37.9. The van der Waals surface area contributed by atoms with Crippen molar-refractivity contribution in [1.29, 1.82) is 0 Å². The van der Waals surface area contributed by atoms with Crippen molar-refractivity contribution < 1.29 is 18.0 Å². The Bertz CT molecular complexity index is 279. The van der Waals surface area contributed by atoms with Gasteiger partial charge in [0.05, 0.1) is 5.92 Å². The summed E-state index contributed by atoms with van der Waals surface area (Å²) in [6.07, 6.45) is 1.26. The van der Waals surface area contributed by atoms with E-state index in [2.05, 4.69) is 0 Å². The van der Waals surface area contributed by atoms with Crippen molar-refractivity contribution in [3.63, 3.8) is 0 Å². The zero-order valence-corrected chi connectivity index (χ0v) is 9.93. The monoisotopic (exact) mass is 248 g/mol. The first-order valence-electron chi connectivity index (χ1n) is 6.59. The van der Waals surface area contributed by atoms with Gasteiger partial charge in [0.2, 0.25) is 0 Å². The van der Waals surface area contributed by atoms with Crippen LogP contribution in [-0.2, 0) is 4.79 Å². The standard InChI is InChI=1S/C13H19F3O/c14-13(15,16)11-7-3-6-10(8-11)12(17)9-4-1-2-5-9/h9-11H,1-8H2. The van der Waals surface area contributed by atoms with Crippen LogP contribution >= 0.6 is 0 Å². The highest BCUT2D eigenvalue weighted by Crippen LogP contribution is 2.42. The second-order valence-electron chi connectivity index (χ2n) is 5.49. The highest BCUT2D eigenvalue weighted by atomic mass is 19.4. The van der Waals surface area contributed by atoms with Crippen LogP contribution in [0.5, 0.6) is 0 Å². The second-order valence-corrected chi connectivity index (χ2v) is 5.49. The number of alkyl halides is 3. The lowest BCUT2D eigenvalue weighted by Crippen LogP contribution is -2.33. The maximum absolute atomic E-state index is 12.6. The third-order valence-corrected chi connectivity index (χ3v) is 4.30. The number of rotatable bonds is 2. The van der Waals surface area contributed by atoms with Crippen molar-refractivity contribution in [1.82, 2.24) is 0 Å². The maximum atomic E-state index is 12.6. The predicted molar refractivity (Wildman–Crippen MR) is 58.5 cm³/mol. The third kappa shape index (κ3) is 3.02. The highest BCUT2D eigenvalue weighted by molar-refractivity contribution is 5.83. The predicted octanol–water partition coefficient (Wildman–Crippen LogP) is 4.11. The van der Waals surface area contributed by atoms with Crippen molar-refractivity contribution >= 4 is 5.78 Å². The SMILES string of the molecule is O=C(C1CCCC1)C1CCCC(C(F)(F)F)C1. The molecule has 0 heterocycles. The minimum absolute atomic E-state index is 0.0405. The van der Waals surface area contributed by atoms with Crippen LogP contribution in [0.25, 0.3) is 0 Å². The van der Waals surface area contributed by atoms with E-state index in [-0.39, 0.29) is 30.5 Å². The lowest BCUT2D eigenvalue weighted by molar-refractivity contribution is -0.186. The molecule has 98 valence electrons. The summed E-state index contributed by atoms with van der Waals surface area (Å²) in [5.74, 6) is -1.38. The van der Waals surface area contributed by atoms with Gasteiger partial charge in [-0.05, 0) is 32.1 Å². The van der Waals surface area contributed by atoms with Gasteiger partial charge in [0.25, 0.3) is 0 Å². The third-order valence-electron chi connectivity index (χ3n) is 4.30. The molecule has 2 aliphatic carbocycles. The Morgan fingerprint density at radius 1 is 0.882 bits per heavy atom. The van der Waals surface area contributed by atoms with Crippen LogP contribution in [0.15, 0.2) is 0 Å². The molecule has 0 aliphatic heterocycles. The van der Waals surface area contributed by atoms with Crippen LogP contribution in [-0.4, -0.2) is 12.0 Å². The molecule has 0 spiro atoms. The topological polar surface area (TPSA) is 17.1 Å². The summed E-state index contributed by atoms with van der Waals surface area (Å²) in [5, 5.41) is 0.